The molecule has 10 heteroatoms. The second-order valence-electron chi connectivity index (χ2n) is 13.0. The molecule has 272 valence electrons. The van der Waals surface area contributed by atoms with Crippen molar-refractivity contribution < 1.29 is 24.3 Å². The van der Waals surface area contributed by atoms with Gasteiger partial charge in [-0.2, -0.15) is 11.8 Å². The summed E-state index contributed by atoms with van der Waals surface area (Å²) in [6.07, 6.45) is 18.8. The fraction of sp³-hybridized carbons (Fsp3) is 0.590. The van der Waals surface area contributed by atoms with Gasteiger partial charge in [-0.3, -0.25) is 19.2 Å². The van der Waals surface area contributed by atoms with E-state index in [0.29, 0.717) is 24.2 Å². The highest BCUT2D eigenvalue weighted by molar-refractivity contribution is 7.98. The summed E-state index contributed by atoms with van der Waals surface area (Å²) in [5.41, 5.74) is 7.14. The van der Waals surface area contributed by atoms with Gasteiger partial charge in [-0.15, -0.1) is 0 Å². The van der Waals surface area contributed by atoms with Gasteiger partial charge in [-0.25, -0.2) is 0 Å². The lowest BCUT2D eigenvalue weighted by Crippen LogP contribution is -2.57. The summed E-state index contributed by atoms with van der Waals surface area (Å²) in [6, 6.07) is 12.9. The number of hydrogen-bond donors (Lipinski definition) is 5. The molecule has 0 unspecified atom stereocenters. The number of nitrogens with two attached hydrogens (primary N) is 1. The van der Waals surface area contributed by atoms with Crippen LogP contribution in [0.4, 0.5) is 0 Å². The normalized spacial score (nSPS) is 12.9. The van der Waals surface area contributed by atoms with E-state index < -0.39 is 35.8 Å². The predicted molar refractivity (Wildman–Crippen MR) is 200 cm³/mol. The molecule has 0 saturated heterocycles. The third-order valence-corrected chi connectivity index (χ3v) is 9.37. The molecule has 0 aliphatic heterocycles. The van der Waals surface area contributed by atoms with Crippen molar-refractivity contribution in [3.63, 3.8) is 0 Å². The lowest BCUT2D eigenvalue weighted by molar-refractivity contribution is -0.133. The van der Waals surface area contributed by atoms with Gasteiger partial charge in [0.15, 0.2) is 0 Å². The maximum Gasteiger partial charge on any atom is 0.243 e. The van der Waals surface area contributed by atoms with Gasteiger partial charge in [-0.1, -0.05) is 126 Å². The van der Waals surface area contributed by atoms with E-state index in [1.54, 1.807) is 12.1 Å². The topological polar surface area (TPSA) is 151 Å². The molecule has 2 rings (SSSR count). The van der Waals surface area contributed by atoms with E-state index in [2.05, 4.69) is 22.9 Å². The average Bonchev–Trinajstić information content (AvgIpc) is 3.09. The zero-order valence-electron chi connectivity index (χ0n) is 29.7. The fourth-order valence-corrected chi connectivity index (χ4v) is 6.24. The first kappa shape index (κ1) is 41.6. The molecule has 0 saturated carbocycles. The summed E-state index contributed by atoms with van der Waals surface area (Å²) in [7, 11) is 0. The molecule has 4 amide bonds. The molecule has 0 heterocycles. The fourth-order valence-electron chi connectivity index (χ4n) is 5.77. The number of benzene rings is 2. The molecular formula is C39H60N4O5S. The first-order valence-corrected chi connectivity index (χ1v) is 19.6. The van der Waals surface area contributed by atoms with Gasteiger partial charge in [0, 0.05) is 19.3 Å². The smallest absolute Gasteiger partial charge is 0.243 e. The zero-order valence-corrected chi connectivity index (χ0v) is 30.5. The monoisotopic (exact) mass is 696 g/mol. The van der Waals surface area contributed by atoms with Crippen LogP contribution in [-0.4, -0.2) is 58.9 Å². The Hall–Kier alpha value is -3.53. The molecule has 6 N–H and O–H groups in total. The van der Waals surface area contributed by atoms with Crippen molar-refractivity contribution >= 4 is 35.4 Å². The number of nitrogens with one attached hydrogen (secondary N) is 3. The van der Waals surface area contributed by atoms with E-state index in [1.165, 1.54) is 88.1 Å². The van der Waals surface area contributed by atoms with Crippen molar-refractivity contribution in [3.05, 3.63) is 65.7 Å². The van der Waals surface area contributed by atoms with Crippen molar-refractivity contribution in [1.82, 2.24) is 16.0 Å². The maximum atomic E-state index is 13.8. The molecular weight excluding hydrogens is 637 g/mol. The number of thioether (sulfide) groups is 1. The van der Waals surface area contributed by atoms with Crippen LogP contribution >= 0.6 is 11.8 Å². The van der Waals surface area contributed by atoms with Crippen LogP contribution in [0.5, 0.6) is 5.75 Å². The van der Waals surface area contributed by atoms with Crippen molar-refractivity contribution in [3.8, 4) is 5.75 Å². The van der Waals surface area contributed by atoms with Crippen LogP contribution in [0, 0.1) is 0 Å². The Labute approximate surface area is 298 Å². The number of amides is 4. The van der Waals surface area contributed by atoms with E-state index >= 15 is 0 Å². The molecule has 0 bridgehead atoms. The highest BCUT2D eigenvalue weighted by Crippen LogP contribution is 2.15. The molecule has 0 fully saturated rings. The van der Waals surface area contributed by atoms with Gasteiger partial charge < -0.3 is 26.8 Å². The van der Waals surface area contributed by atoms with Crippen molar-refractivity contribution in [2.24, 2.45) is 5.73 Å². The number of phenolic OH excluding ortho intramolecular Hbond substituents is 1. The third kappa shape index (κ3) is 18.7. The van der Waals surface area contributed by atoms with Crippen molar-refractivity contribution in [1.29, 1.82) is 0 Å². The number of carbonyl (C=O) groups excluding carboxylic acids is 4. The summed E-state index contributed by atoms with van der Waals surface area (Å²) in [5, 5.41) is 18.2. The largest absolute Gasteiger partial charge is 0.508 e. The molecule has 2 aromatic carbocycles. The van der Waals surface area contributed by atoms with Crippen molar-refractivity contribution in [2.45, 2.75) is 134 Å². The minimum absolute atomic E-state index is 0.0776. The SMILES string of the molecule is CCCCCCCCCCCCCCCC(=O)N[C@@H](Cc1ccccc1)C(=O)N[C@@H](Cc1ccc(O)cc1)C(=O)N[C@@H](CCSC)C(N)=O. The highest BCUT2D eigenvalue weighted by Gasteiger charge is 2.29. The van der Waals surface area contributed by atoms with Gasteiger partial charge in [0.25, 0.3) is 0 Å². The summed E-state index contributed by atoms with van der Waals surface area (Å²) < 4.78 is 0. The Kier molecular flexibility index (Phi) is 21.6. The minimum atomic E-state index is -1.05. The Balaban J connectivity index is 1.98. The number of rotatable bonds is 27. The van der Waals surface area contributed by atoms with E-state index in [9.17, 15) is 24.3 Å². The third-order valence-electron chi connectivity index (χ3n) is 8.72. The molecule has 49 heavy (non-hydrogen) atoms. The standard InChI is InChI=1S/C39H60N4O5S/c1-3-4-5-6-7-8-9-10-11-12-13-14-18-21-36(45)41-34(28-30-19-16-15-17-20-30)38(47)43-35(29-31-22-24-32(44)25-23-31)39(48)42-33(37(40)46)26-27-49-2/h15-17,19-20,22-25,33-35,44H,3-14,18,21,26-29H2,1-2H3,(H2,40,46)(H,41,45)(H,42,48)(H,43,47)/t33-,34-,35-/m0/s1. The first-order valence-electron chi connectivity index (χ1n) is 18.2. The van der Waals surface area contributed by atoms with Gasteiger partial charge >= 0.3 is 0 Å². The Bertz CT molecular complexity index is 1230. The summed E-state index contributed by atoms with van der Waals surface area (Å²) >= 11 is 1.53. The van der Waals surface area contributed by atoms with E-state index in [0.717, 1.165) is 24.8 Å². The van der Waals surface area contributed by atoms with Crippen LogP contribution in [0.1, 0.15) is 114 Å². The zero-order chi connectivity index (χ0) is 35.7. The second-order valence-corrected chi connectivity index (χ2v) is 14.0. The molecule has 0 aliphatic carbocycles. The summed E-state index contributed by atoms with van der Waals surface area (Å²) in [6.45, 7) is 2.25. The maximum absolute atomic E-state index is 13.8. The van der Waals surface area contributed by atoms with E-state index in [-0.39, 0.29) is 24.5 Å². The van der Waals surface area contributed by atoms with Crippen LogP contribution in [-0.2, 0) is 32.0 Å². The lowest BCUT2D eigenvalue weighted by atomic mass is 10.0. The number of hydrogen-bond acceptors (Lipinski definition) is 6. The molecule has 3 atom stereocenters. The Morgan fingerprint density at radius 3 is 1.63 bits per heavy atom. The minimum Gasteiger partial charge on any atom is -0.508 e. The average molecular weight is 697 g/mol. The van der Waals surface area contributed by atoms with Gasteiger partial charge in [0.1, 0.15) is 23.9 Å². The van der Waals surface area contributed by atoms with Crippen LogP contribution in [0.15, 0.2) is 54.6 Å². The molecule has 9 nitrogen and oxygen atoms in total. The predicted octanol–water partition coefficient (Wildman–Crippen LogP) is 6.35. The first-order chi connectivity index (χ1) is 23.7. The Morgan fingerprint density at radius 1 is 0.653 bits per heavy atom. The number of unbranched alkanes of at least 4 members (excludes halogenated alkanes) is 12. The van der Waals surface area contributed by atoms with Crippen LogP contribution < -0.4 is 21.7 Å². The van der Waals surface area contributed by atoms with Crippen LogP contribution in [0.3, 0.4) is 0 Å². The molecule has 0 aliphatic rings. The van der Waals surface area contributed by atoms with Gasteiger partial charge in [-0.05, 0) is 48.1 Å². The quantitative estimate of drug-likeness (QED) is 0.0687. The van der Waals surface area contributed by atoms with E-state index in [4.69, 9.17) is 5.73 Å². The summed E-state index contributed by atoms with van der Waals surface area (Å²) in [5.74, 6) is -1.21. The molecule has 0 spiro atoms. The number of carbonyl (C=O) groups is 4. The number of phenols is 1. The number of aromatic hydroxyl groups is 1. The summed E-state index contributed by atoms with van der Waals surface area (Å²) in [4.78, 5) is 52.4. The molecule has 0 aromatic heterocycles. The molecule has 0 radical (unpaired) electrons. The lowest BCUT2D eigenvalue weighted by Gasteiger charge is -2.25. The van der Waals surface area contributed by atoms with Gasteiger partial charge in [0.2, 0.25) is 23.6 Å². The van der Waals surface area contributed by atoms with Crippen molar-refractivity contribution in [2.75, 3.05) is 12.0 Å². The highest BCUT2D eigenvalue weighted by atomic mass is 32.2. The van der Waals surface area contributed by atoms with Gasteiger partial charge in [0.05, 0.1) is 0 Å². The Morgan fingerprint density at radius 2 is 1.12 bits per heavy atom. The van der Waals surface area contributed by atoms with Crippen LogP contribution in [0.25, 0.3) is 0 Å². The van der Waals surface area contributed by atoms with Crippen LogP contribution in [0.2, 0.25) is 0 Å². The molecule has 2 aromatic rings. The second kappa shape index (κ2) is 25.4. The number of primary amides is 1. The van der Waals surface area contributed by atoms with E-state index in [1.807, 2.05) is 36.6 Å².